The van der Waals surface area contributed by atoms with E-state index < -0.39 is 0 Å². The second-order valence-corrected chi connectivity index (χ2v) is 4.12. The van der Waals surface area contributed by atoms with Crippen molar-refractivity contribution in [3.8, 4) is 0 Å². The lowest BCUT2D eigenvalue weighted by atomic mass is 10.2. The molecule has 0 aliphatic heterocycles. The smallest absolute Gasteiger partial charge is 0.247 e. The van der Waals surface area contributed by atoms with Crippen LogP contribution in [0.5, 0.6) is 0 Å². The molecule has 17 heavy (non-hydrogen) atoms. The summed E-state index contributed by atoms with van der Waals surface area (Å²) in [6.45, 7) is 10.8. The summed E-state index contributed by atoms with van der Waals surface area (Å²) < 4.78 is 0. The van der Waals surface area contributed by atoms with Crippen molar-refractivity contribution >= 4 is 17.3 Å². The Morgan fingerprint density at radius 1 is 1.41 bits per heavy atom. The zero-order valence-electron chi connectivity index (χ0n) is 10.7. The van der Waals surface area contributed by atoms with E-state index in [1.165, 1.54) is 11.8 Å². The minimum Gasteiger partial charge on any atom is -0.369 e. The van der Waals surface area contributed by atoms with Crippen molar-refractivity contribution in [2.75, 3.05) is 16.8 Å². The van der Waals surface area contributed by atoms with Gasteiger partial charge in [0.2, 0.25) is 5.91 Å². The van der Waals surface area contributed by atoms with Gasteiger partial charge in [0.05, 0.1) is 0 Å². The van der Waals surface area contributed by atoms with E-state index in [4.69, 9.17) is 0 Å². The van der Waals surface area contributed by atoms with Crippen LogP contribution in [0.2, 0.25) is 0 Å². The highest BCUT2D eigenvalue weighted by molar-refractivity contribution is 5.98. The van der Waals surface area contributed by atoms with E-state index >= 15 is 0 Å². The molecule has 0 spiro atoms. The van der Waals surface area contributed by atoms with E-state index in [0.717, 1.165) is 12.2 Å². The van der Waals surface area contributed by atoms with Crippen molar-refractivity contribution in [1.29, 1.82) is 0 Å². The molecule has 0 aliphatic carbocycles. The Morgan fingerprint density at radius 2 is 2.00 bits per heavy atom. The van der Waals surface area contributed by atoms with Crippen LogP contribution in [-0.2, 0) is 4.79 Å². The van der Waals surface area contributed by atoms with Crippen molar-refractivity contribution in [3.05, 3.63) is 36.9 Å². The van der Waals surface area contributed by atoms with Crippen LogP contribution in [0.25, 0.3) is 0 Å². The van der Waals surface area contributed by atoms with Gasteiger partial charge in [0, 0.05) is 24.0 Å². The number of benzene rings is 1. The molecule has 0 radical (unpaired) electrons. The van der Waals surface area contributed by atoms with Crippen LogP contribution in [0.15, 0.2) is 36.9 Å². The van der Waals surface area contributed by atoms with Gasteiger partial charge < -0.3 is 10.2 Å². The van der Waals surface area contributed by atoms with E-state index in [-0.39, 0.29) is 5.91 Å². The standard InChI is InChI=1S/C14H20N2O/c1-5-14(17)15-12-7-9-13(10-8-12)16(6-2)11(3)4/h5,7-11H,1,6H2,2-4H3,(H,15,17). The molecule has 0 saturated heterocycles. The van der Waals surface area contributed by atoms with Gasteiger partial charge in [0.1, 0.15) is 0 Å². The number of anilines is 2. The number of amides is 1. The highest BCUT2D eigenvalue weighted by Crippen LogP contribution is 2.19. The summed E-state index contributed by atoms with van der Waals surface area (Å²) in [4.78, 5) is 13.4. The monoisotopic (exact) mass is 232 g/mol. The number of carbonyl (C=O) groups excluding carboxylic acids is 1. The Kier molecular flexibility index (Phi) is 4.76. The maximum atomic E-state index is 11.1. The Hall–Kier alpha value is -1.77. The largest absolute Gasteiger partial charge is 0.369 e. The molecule has 1 aromatic carbocycles. The van der Waals surface area contributed by atoms with E-state index in [1.54, 1.807) is 0 Å². The van der Waals surface area contributed by atoms with Gasteiger partial charge in [0.25, 0.3) is 0 Å². The highest BCUT2D eigenvalue weighted by Gasteiger charge is 2.07. The fourth-order valence-electron chi connectivity index (χ4n) is 1.78. The van der Waals surface area contributed by atoms with Gasteiger partial charge in [-0.3, -0.25) is 4.79 Å². The zero-order valence-corrected chi connectivity index (χ0v) is 10.7. The molecule has 1 N–H and O–H groups in total. The number of carbonyl (C=O) groups is 1. The summed E-state index contributed by atoms with van der Waals surface area (Å²) in [7, 11) is 0. The average molecular weight is 232 g/mol. The zero-order chi connectivity index (χ0) is 12.8. The lowest BCUT2D eigenvalue weighted by Gasteiger charge is -2.27. The Labute approximate surface area is 103 Å². The van der Waals surface area contributed by atoms with Crippen molar-refractivity contribution in [3.63, 3.8) is 0 Å². The quantitative estimate of drug-likeness (QED) is 0.791. The Morgan fingerprint density at radius 3 is 2.41 bits per heavy atom. The molecule has 0 saturated carbocycles. The number of nitrogens with one attached hydrogen (secondary N) is 1. The third kappa shape index (κ3) is 3.63. The molecule has 1 rings (SSSR count). The van der Waals surface area contributed by atoms with Gasteiger partial charge in [-0.1, -0.05) is 6.58 Å². The van der Waals surface area contributed by atoms with Crippen molar-refractivity contribution in [1.82, 2.24) is 0 Å². The summed E-state index contributed by atoms with van der Waals surface area (Å²) in [5.41, 5.74) is 1.96. The Balaban J connectivity index is 2.79. The summed E-state index contributed by atoms with van der Waals surface area (Å²) in [6, 6.07) is 8.31. The summed E-state index contributed by atoms with van der Waals surface area (Å²) in [5.74, 6) is -0.186. The van der Waals surface area contributed by atoms with E-state index in [1.807, 2.05) is 24.3 Å². The maximum absolute atomic E-state index is 11.1. The lowest BCUT2D eigenvalue weighted by Crippen LogP contribution is -2.30. The first-order valence-electron chi connectivity index (χ1n) is 5.88. The van der Waals surface area contributed by atoms with Crippen LogP contribution in [0.1, 0.15) is 20.8 Å². The summed E-state index contributed by atoms with van der Waals surface area (Å²) >= 11 is 0. The molecule has 1 amide bonds. The fraction of sp³-hybridized carbons (Fsp3) is 0.357. The van der Waals surface area contributed by atoms with Crippen molar-refractivity contribution in [2.24, 2.45) is 0 Å². The number of rotatable bonds is 5. The van der Waals surface area contributed by atoms with Gasteiger partial charge in [-0.2, -0.15) is 0 Å². The predicted molar refractivity (Wildman–Crippen MR) is 73.4 cm³/mol. The van der Waals surface area contributed by atoms with Crippen molar-refractivity contribution in [2.45, 2.75) is 26.8 Å². The van der Waals surface area contributed by atoms with Crippen LogP contribution in [0.4, 0.5) is 11.4 Å². The van der Waals surface area contributed by atoms with Crippen molar-refractivity contribution < 1.29 is 4.79 Å². The van der Waals surface area contributed by atoms with Crippen LogP contribution in [-0.4, -0.2) is 18.5 Å². The van der Waals surface area contributed by atoms with E-state index in [0.29, 0.717) is 6.04 Å². The van der Waals surface area contributed by atoms with Gasteiger partial charge in [-0.15, -0.1) is 0 Å². The molecule has 0 heterocycles. The average Bonchev–Trinajstić information content (AvgIpc) is 2.31. The van der Waals surface area contributed by atoms with Gasteiger partial charge >= 0.3 is 0 Å². The SMILES string of the molecule is C=CC(=O)Nc1ccc(N(CC)C(C)C)cc1. The van der Waals surface area contributed by atoms with Gasteiger partial charge in [-0.25, -0.2) is 0 Å². The molecule has 3 heteroatoms. The highest BCUT2D eigenvalue weighted by atomic mass is 16.1. The molecule has 0 aliphatic rings. The summed E-state index contributed by atoms with van der Waals surface area (Å²) in [5, 5.41) is 2.73. The minimum atomic E-state index is -0.186. The molecule has 0 bridgehead atoms. The normalized spacial score (nSPS) is 10.1. The lowest BCUT2D eigenvalue weighted by molar-refractivity contribution is -0.111. The van der Waals surface area contributed by atoms with Crippen LogP contribution < -0.4 is 10.2 Å². The molecule has 1 aromatic rings. The second-order valence-electron chi connectivity index (χ2n) is 4.12. The fourth-order valence-corrected chi connectivity index (χ4v) is 1.78. The molecule has 0 unspecified atom stereocenters. The third-order valence-corrected chi connectivity index (χ3v) is 2.62. The van der Waals surface area contributed by atoms with E-state index in [9.17, 15) is 4.79 Å². The van der Waals surface area contributed by atoms with Gasteiger partial charge in [0.15, 0.2) is 0 Å². The minimum absolute atomic E-state index is 0.186. The molecule has 92 valence electrons. The molecule has 0 aromatic heterocycles. The van der Waals surface area contributed by atoms with Crippen LogP contribution in [0.3, 0.4) is 0 Å². The maximum Gasteiger partial charge on any atom is 0.247 e. The molecule has 0 fully saturated rings. The van der Waals surface area contributed by atoms with Crippen LogP contribution in [0, 0.1) is 0 Å². The third-order valence-electron chi connectivity index (χ3n) is 2.62. The first-order chi connectivity index (χ1) is 8.08. The Bertz CT molecular complexity index is 382. The summed E-state index contributed by atoms with van der Waals surface area (Å²) in [6.07, 6.45) is 1.26. The number of hydrogen-bond donors (Lipinski definition) is 1. The first kappa shape index (κ1) is 13.3. The second kappa shape index (κ2) is 6.09. The van der Waals surface area contributed by atoms with Gasteiger partial charge in [-0.05, 0) is 51.1 Å². The number of nitrogens with zero attached hydrogens (tertiary/aromatic N) is 1. The van der Waals surface area contributed by atoms with E-state index in [2.05, 4.69) is 37.6 Å². The van der Waals surface area contributed by atoms with Crippen LogP contribution >= 0.6 is 0 Å². The topological polar surface area (TPSA) is 32.3 Å². The molecular formula is C14H20N2O. The molecular weight excluding hydrogens is 212 g/mol. The predicted octanol–water partition coefficient (Wildman–Crippen LogP) is 3.05. The molecule has 3 nitrogen and oxygen atoms in total. The number of hydrogen-bond acceptors (Lipinski definition) is 2. The molecule has 0 atom stereocenters. The first-order valence-corrected chi connectivity index (χ1v) is 5.88.